The molecule has 0 unspecified atom stereocenters. The van der Waals surface area contributed by atoms with Gasteiger partial charge in [-0.1, -0.05) is 18.2 Å². The number of aryl methyl sites for hydroxylation is 1. The summed E-state index contributed by atoms with van der Waals surface area (Å²) in [7, 11) is 1.41. The zero-order chi connectivity index (χ0) is 18.6. The van der Waals surface area contributed by atoms with Crippen LogP contribution in [0, 0.1) is 12.3 Å². The predicted octanol–water partition coefficient (Wildman–Crippen LogP) is 4.12. The number of benzene rings is 3. The van der Waals surface area contributed by atoms with E-state index in [1.165, 1.54) is 19.2 Å². The molecule has 4 rings (SSSR count). The van der Waals surface area contributed by atoms with Gasteiger partial charge in [0.2, 0.25) is 11.2 Å². The molecule has 1 aliphatic rings. The summed E-state index contributed by atoms with van der Waals surface area (Å²) in [4.78, 5) is 29.6. The number of ether oxygens (including phenoxy) is 1. The second-order valence-corrected chi connectivity index (χ2v) is 6.17. The molecule has 1 N–H and O–H groups in total. The summed E-state index contributed by atoms with van der Waals surface area (Å²) in [5.74, 6) is -0.748. The summed E-state index contributed by atoms with van der Waals surface area (Å²) >= 11 is 0. The van der Waals surface area contributed by atoms with Crippen molar-refractivity contribution in [1.29, 1.82) is 5.39 Å². The summed E-state index contributed by atoms with van der Waals surface area (Å²) in [6.07, 6.45) is 0. The largest absolute Gasteiger partial charge is 0.507 e. The molecule has 0 aliphatic heterocycles. The highest BCUT2D eigenvalue weighted by atomic mass is 16.5. The molecule has 0 radical (unpaired) electrons. The lowest BCUT2D eigenvalue weighted by molar-refractivity contribution is 0.0978. The number of ketones is 2. The number of fused-ring (bicyclic) bond motifs is 4. The van der Waals surface area contributed by atoms with E-state index in [0.717, 1.165) is 5.56 Å². The van der Waals surface area contributed by atoms with Gasteiger partial charge < -0.3 is 9.84 Å². The van der Waals surface area contributed by atoms with Gasteiger partial charge in [0.25, 0.3) is 0 Å². The molecule has 0 spiro atoms. The lowest BCUT2D eigenvalue weighted by Crippen LogP contribution is -2.22. The van der Waals surface area contributed by atoms with Crippen LogP contribution < -0.4 is 4.74 Å². The number of methoxy groups -OCH3 is 1. The number of phenolic OH excluding ortho intramolecular Hbond substituents is 1. The Morgan fingerprint density at radius 1 is 1.04 bits per heavy atom. The topological polar surface area (TPSA) is 91.8 Å². The van der Waals surface area contributed by atoms with Crippen molar-refractivity contribution in [2.24, 2.45) is 0 Å². The molecule has 3 aromatic carbocycles. The van der Waals surface area contributed by atoms with Crippen molar-refractivity contribution in [2.45, 2.75) is 6.92 Å². The van der Waals surface area contributed by atoms with Crippen LogP contribution in [0.3, 0.4) is 0 Å². The molecule has 0 amide bonds. The van der Waals surface area contributed by atoms with Gasteiger partial charge in [-0.2, -0.15) is 0 Å². The van der Waals surface area contributed by atoms with Crippen LogP contribution in [0.5, 0.6) is 11.5 Å². The number of nitrogens with zero attached hydrogens (tertiary/aromatic N) is 2. The lowest BCUT2D eigenvalue weighted by atomic mass is 9.80. The molecule has 6 nitrogen and oxygen atoms in total. The first kappa shape index (κ1) is 15.8. The SMILES string of the molecule is COc1cccc2c1C(=O)c1c([N+]#N)cc3cc(C)cc(O)c3c1C2=O. The van der Waals surface area contributed by atoms with E-state index in [1.807, 2.05) is 0 Å². The average Bonchev–Trinajstić information content (AvgIpc) is 2.63. The van der Waals surface area contributed by atoms with Crippen LogP contribution in [0.2, 0.25) is 0 Å². The van der Waals surface area contributed by atoms with Crippen LogP contribution in [-0.4, -0.2) is 23.8 Å². The van der Waals surface area contributed by atoms with E-state index in [1.54, 1.807) is 31.2 Å². The second-order valence-electron chi connectivity index (χ2n) is 6.17. The number of aromatic hydroxyl groups is 1. The summed E-state index contributed by atoms with van der Waals surface area (Å²) in [6, 6.07) is 9.51. The van der Waals surface area contributed by atoms with Crippen LogP contribution in [0.4, 0.5) is 5.69 Å². The van der Waals surface area contributed by atoms with E-state index in [9.17, 15) is 20.1 Å². The highest BCUT2D eigenvalue weighted by Crippen LogP contribution is 2.43. The van der Waals surface area contributed by atoms with E-state index in [4.69, 9.17) is 4.74 Å². The Morgan fingerprint density at radius 2 is 1.81 bits per heavy atom. The number of diazo groups is 1. The van der Waals surface area contributed by atoms with Gasteiger partial charge in [-0.15, -0.1) is 0 Å². The van der Waals surface area contributed by atoms with E-state index in [2.05, 4.69) is 4.98 Å². The highest BCUT2D eigenvalue weighted by Gasteiger charge is 2.40. The number of phenols is 1. The number of hydrogen-bond acceptors (Lipinski definition) is 5. The molecule has 0 aromatic heterocycles. The summed E-state index contributed by atoms with van der Waals surface area (Å²) in [6.45, 7) is 1.79. The molecule has 0 saturated carbocycles. The zero-order valence-corrected chi connectivity index (χ0v) is 14.0. The minimum absolute atomic E-state index is 0.0209. The first-order valence-electron chi connectivity index (χ1n) is 7.89. The Morgan fingerprint density at radius 3 is 2.50 bits per heavy atom. The Hall–Kier alpha value is -3.72. The molecule has 0 saturated heterocycles. The van der Waals surface area contributed by atoms with E-state index < -0.39 is 11.6 Å². The average molecular weight is 345 g/mol. The Balaban J connectivity index is 2.20. The molecule has 126 valence electrons. The quantitative estimate of drug-likeness (QED) is 0.524. The fourth-order valence-corrected chi connectivity index (χ4v) is 3.57. The van der Waals surface area contributed by atoms with E-state index >= 15 is 0 Å². The second kappa shape index (κ2) is 5.39. The standard InChI is InChI=1S/C20H12N2O4/c1-9-6-10-8-12(22-21)17-18(15(10)13(23)7-9)19(24)11-4-3-5-14(26-2)16(11)20(17)25/h3-8H,1-2H3/p+1. The fourth-order valence-electron chi connectivity index (χ4n) is 3.57. The molecule has 6 heteroatoms. The van der Waals surface area contributed by atoms with Gasteiger partial charge >= 0.3 is 5.69 Å². The number of rotatable bonds is 1. The summed E-state index contributed by atoms with van der Waals surface area (Å²) in [5.41, 5.74) is 1.07. The van der Waals surface area contributed by atoms with Crippen molar-refractivity contribution >= 4 is 28.0 Å². The first-order valence-corrected chi connectivity index (χ1v) is 7.89. The molecular weight excluding hydrogens is 332 g/mol. The van der Waals surface area contributed by atoms with Crippen molar-refractivity contribution in [2.75, 3.05) is 7.11 Å². The third-order valence-corrected chi connectivity index (χ3v) is 4.62. The van der Waals surface area contributed by atoms with Gasteiger partial charge in [0.05, 0.1) is 18.2 Å². The van der Waals surface area contributed by atoms with Crippen LogP contribution in [0.1, 0.15) is 37.4 Å². The van der Waals surface area contributed by atoms with Gasteiger partial charge in [-0.25, -0.2) is 0 Å². The van der Waals surface area contributed by atoms with Crippen LogP contribution in [0.25, 0.3) is 15.7 Å². The van der Waals surface area contributed by atoms with Crippen LogP contribution >= 0.6 is 0 Å². The zero-order valence-electron chi connectivity index (χ0n) is 14.0. The van der Waals surface area contributed by atoms with Crippen molar-refractivity contribution in [3.05, 3.63) is 69.2 Å². The molecular formula is C20H13N2O4+. The molecule has 26 heavy (non-hydrogen) atoms. The maximum absolute atomic E-state index is 13.2. The predicted molar refractivity (Wildman–Crippen MR) is 95.0 cm³/mol. The van der Waals surface area contributed by atoms with Gasteiger partial charge in [-0.05, 0) is 30.0 Å². The minimum Gasteiger partial charge on any atom is -0.507 e. The Labute approximate surface area is 148 Å². The van der Waals surface area contributed by atoms with Crippen LogP contribution in [-0.2, 0) is 0 Å². The van der Waals surface area contributed by atoms with Gasteiger partial charge in [0.1, 0.15) is 17.1 Å². The number of hydrogen-bond donors (Lipinski definition) is 1. The third kappa shape index (κ3) is 1.94. The van der Waals surface area contributed by atoms with Crippen molar-refractivity contribution in [3.63, 3.8) is 0 Å². The monoisotopic (exact) mass is 345 g/mol. The summed E-state index contributed by atoms with van der Waals surface area (Å²) < 4.78 is 5.23. The Kier molecular flexibility index (Phi) is 3.28. The highest BCUT2D eigenvalue weighted by molar-refractivity contribution is 6.35. The van der Waals surface area contributed by atoms with Crippen molar-refractivity contribution in [1.82, 2.24) is 0 Å². The van der Waals surface area contributed by atoms with Gasteiger partial charge in [0, 0.05) is 17.0 Å². The number of carbonyl (C=O) groups excluding carboxylic acids is 2. The van der Waals surface area contributed by atoms with Gasteiger partial charge in [-0.3, -0.25) is 9.59 Å². The van der Waals surface area contributed by atoms with Crippen molar-refractivity contribution in [3.8, 4) is 11.5 Å². The first-order chi connectivity index (χ1) is 12.5. The Bertz CT molecular complexity index is 1190. The van der Waals surface area contributed by atoms with E-state index in [0.29, 0.717) is 5.39 Å². The van der Waals surface area contributed by atoms with E-state index in [-0.39, 0.29) is 44.8 Å². The molecule has 0 fully saturated rings. The molecule has 1 aliphatic carbocycles. The minimum atomic E-state index is -0.485. The van der Waals surface area contributed by atoms with Crippen molar-refractivity contribution < 1.29 is 19.4 Å². The normalized spacial score (nSPS) is 12.5. The van der Waals surface area contributed by atoms with Crippen LogP contribution in [0.15, 0.2) is 36.4 Å². The molecule has 3 aromatic rings. The molecule has 0 atom stereocenters. The third-order valence-electron chi connectivity index (χ3n) is 4.62. The molecule has 0 bridgehead atoms. The molecule has 0 heterocycles. The fraction of sp³-hybridized carbons (Fsp3) is 0.100. The maximum atomic E-state index is 13.2. The summed E-state index contributed by atoms with van der Waals surface area (Å²) in [5, 5.41) is 20.7. The lowest BCUT2D eigenvalue weighted by Gasteiger charge is -2.20. The maximum Gasteiger partial charge on any atom is 0.397 e. The number of carbonyl (C=O) groups is 2. The smallest absolute Gasteiger partial charge is 0.397 e. The van der Waals surface area contributed by atoms with Gasteiger partial charge in [0.15, 0.2) is 10.8 Å².